The van der Waals surface area contributed by atoms with Crippen molar-refractivity contribution in [1.82, 2.24) is 0 Å². The van der Waals surface area contributed by atoms with Crippen molar-refractivity contribution < 1.29 is 23.4 Å². The van der Waals surface area contributed by atoms with Crippen molar-refractivity contribution in [2.45, 2.75) is 89.2 Å². The molecule has 3 unspecified atom stereocenters. The molecule has 0 amide bonds. The molecule has 3 aromatic carbocycles. The smallest absolute Gasteiger partial charge is 0.192 e. The highest BCUT2D eigenvalue weighted by Crippen LogP contribution is 2.41. The summed E-state index contributed by atoms with van der Waals surface area (Å²) in [4.78, 5) is 0. The Morgan fingerprint density at radius 1 is 0.659 bits per heavy atom. The van der Waals surface area contributed by atoms with Crippen LogP contribution in [0, 0.1) is 0 Å². The zero-order valence-corrected chi connectivity index (χ0v) is 28.2. The first-order chi connectivity index (χ1) is 19.7. The van der Waals surface area contributed by atoms with E-state index >= 15 is 0 Å². The monoisotopic (exact) mass is 688 g/mol. The Kier molecular flexibility index (Phi) is 12.0. The third-order valence-electron chi connectivity index (χ3n) is 8.08. The van der Waals surface area contributed by atoms with Gasteiger partial charge in [-0.05, 0) is 34.8 Å². The molecular weight excluding hydrogens is 643 g/mol. The number of benzene rings is 3. The zero-order valence-electron chi connectivity index (χ0n) is 25.0. The second-order valence-corrected chi connectivity index (χ2v) is 17.9. The fourth-order valence-corrected chi connectivity index (χ4v) is 6.73. The van der Waals surface area contributed by atoms with Crippen molar-refractivity contribution in [3.8, 4) is 0 Å². The average molecular weight is 689 g/mol. The van der Waals surface area contributed by atoms with Crippen LogP contribution in [0.25, 0.3) is 0 Å². The van der Waals surface area contributed by atoms with Crippen molar-refractivity contribution in [2.24, 2.45) is 0 Å². The van der Waals surface area contributed by atoms with Gasteiger partial charge < -0.3 is 23.4 Å². The van der Waals surface area contributed by atoms with Crippen molar-refractivity contribution in [1.29, 1.82) is 0 Å². The van der Waals surface area contributed by atoms with E-state index in [1.54, 1.807) is 0 Å². The molecule has 5 nitrogen and oxygen atoms in total. The van der Waals surface area contributed by atoms with Crippen LogP contribution in [-0.4, -0.2) is 49.9 Å². The van der Waals surface area contributed by atoms with E-state index in [4.69, 9.17) is 23.4 Å². The van der Waals surface area contributed by atoms with Crippen molar-refractivity contribution in [3.63, 3.8) is 0 Å². The van der Waals surface area contributed by atoms with Crippen LogP contribution >= 0.6 is 22.6 Å². The Labute approximate surface area is 261 Å². The standard InChI is InChI=1S/C34H45IO5Si/c1-34(2,3)41(4,5)40-32-29(21-35)39-30(25-36-22-26-15-9-6-10-16-26)31(37-23-27-17-11-7-12-18-27)33(32)38-24-28-19-13-8-14-20-28/h6-20,29-33H,21-25H2,1-5H3/t29-,30?,31-,32?,33?/m1/s1. The SMILES string of the molecule is CC(C)(C)[Si](C)(C)OC1C(OCc2ccccc2)[C@H](OCc2ccccc2)C(COCc2ccccc2)O[C@@H]1CI. The Bertz CT molecular complexity index is 1160. The number of rotatable bonds is 13. The molecule has 4 rings (SSSR count). The van der Waals surface area contributed by atoms with Gasteiger partial charge in [0.15, 0.2) is 8.32 Å². The molecule has 41 heavy (non-hydrogen) atoms. The summed E-state index contributed by atoms with van der Waals surface area (Å²) in [5.41, 5.74) is 3.36. The van der Waals surface area contributed by atoms with Gasteiger partial charge in [-0.1, -0.05) is 134 Å². The van der Waals surface area contributed by atoms with Gasteiger partial charge in [0.2, 0.25) is 0 Å². The summed E-state index contributed by atoms with van der Waals surface area (Å²) in [6.07, 6.45) is -1.41. The predicted octanol–water partition coefficient (Wildman–Crippen LogP) is 7.97. The lowest BCUT2D eigenvalue weighted by atomic mass is 9.95. The molecule has 222 valence electrons. The minimum absolute atomic E-state index is 0.0445. The van der Waals surface area contributed by atoms with Crippen LogP contribution in [0.1, 0.15) is 37.5 Å². The van der Waals surface area contributed by atoms with Gasteiger partial charge in [0.25, 0.3) is 0 Å². The molecule has 0 N–H and O–H groups in total. The summed E-state index contributed by atoms with van der Waals surface area (Å²) in [5.74, 6) is 0. The number of hydrogen-bond donors (Lipinski definition) is 0. The Morgan fingerprint density at radius 2 is 1.12 bits per heavy atom. The second-order valence-electron chi connectivity index (χ2n) is 12.2. The lowest BCUT2D eigenvalue weighted by molar-refractivity contribution is -0.252. The molecule has 5 atom stereocenters. The van der Waals surface area contributed by atoms with E-state index in [1.165, 1.54) is 0 Å². The zero-order chi connectivity index (χ0) is 29.3. The molecule has 1 aliphatic rings. The largest absolute Gasteiger partial charge is 0.408 e. The molecule has 1 saturated heterocycles. The normalized spacial score (nSPS) is 23.4. The van der Waals surface area contributed by atoms with E-state index in [0.717, 1.165) is 21.1 Å². The van der Waals surface area contributed by atoms with Gasteiger partial charge in [-0.3, -0.25) is 0 Å². The maximum Gasteiger partial charge on any atom is 0.192 e. The third kappa shape index (κ3) is 9.19. The number of alkyl halides is 1. The number of ether oxygens (including phenoxy) is 4. The first kappa shape index (κ1) is 32.3. The second kappa shape index (κ2) is 15.2. The first-order valence-corrected chi connectivity index (χ1v) is 18.9. The van der Waals surface area contributed by atoms with Gasteiger partial charge in [-0.2, -0.15) is 0 Å². The van der Waals surface area contributed by atoms with Crippen molar-refractivity contribution in [3.05, 3.63) is 108 Å². The summed E-state index contributed by atoms with van der Waals surface area (Å²) >= 11 is 2.41. The lowest BCUT2D eigenvalue weighted by Crippen LogP contribution is -2.64. The topological polar surface area (TPSA) is 46.2 Å². The minimum atomic E-state index is -2.16. The quantitative estimate of drug-likeness (QED) is 0.104. The fraction of sp³-hybridized carbons (Fsp3) is 0.471. The van der Waals surface area contributed by atoms with E-state index in [1.807, 2.05) is 54.6 Å². The summed E-state index contributed by atoms with van der Waals surface area (Å²) in [7, 11) is -2.16. The highest BCUT2D eigenvalue weighted by molar-refractivity contribution is 14.1. The lowest BCUT2D eigenvalue weighted by Gasteiger charge is -2.50. The van der Waals surface area contributed by atoms with E-state index < -0.39 is 8.32 Å². The van der Waals surface area contributed by atoms with Crippen molar-refractivity contribution >= 4 is 30.9 Å². The molecule has 1 heterocycles. The van der Waals surface area contributed by atoms with Gasteiger partial charge in [0, 0.05) is 4.43 Å². The van der Waals surface area contributed by atoms with Crippen LogP contribution in [0.4, 0.5) is 0 Å². The van der Waals surface area contributed by atoms with Gasteiger partial charge in [0.1, 0.15) is 24.4 Å². The highest BCUT2D eigenvalue weighted by atomic mass is 127. The van der Waals surface area contributed by atoms with Gasteiger partial charge in [-0.25, -0.2) is 0 Å². The van der Waals surface area contributed by atoms with Crippen molar-refractivity contribution in [2.75, 3.05) is 11.0 Å². The van der Waals surface area contributed by atoms with Crippen LogP contribution in [0.5, 0.6) is 0 Å². The summed E-state index contributed by atoms with van der Waals surface area (Å²) < 4.78 is 34.4. The van der Waals surface area contributed by atoms with E-state index in [-0.39, 0.29) is 35.6 Å². The van der Waals surface area contributed by atoms with Gasteiger partial charge in [0.05, 0.1) is 32.5 Å². The number of hydrogen-bond acceptors (Lipinski definition) is 5. The highest BCUT2D eigenvalue weighted by Gasteiger charge is 2.51. The van der Waals surface area contributed by atoms with Crippen LogP contribution < -0.4 is 0 Å². The van der Waals surface area contributed by atoms with Gasteiger partial charge in [-0.15, -0.1) is 0 Å². The van der Waals surface area contributed by atoms with Crippen LogP contribution in [-0.2, 0) is 43.2 Å². The van der Waals surface area contributed by atoms with E-state index in [0.29, 0.717) is 26.4 Å². The maximum atomic E-state index is 7.12. The van der Waals surface area contributed by atoms with Crippen LogP contribution in [0.15, 0.2) is 91.0 Å². The van der Waals surface area contributed by atoms with Crippen LogP contribution in [0.3, 0.4) is 0 Å². The summed E-state index contributed by atoms with van der Waals surface area (Å²) in [5, 5.41) is 0.0445. The molecule has 0 aromatic heterocycles. The van der Waals surface area contributed by atoms with Gasteiger partial charge >= 0.3 is 0 Å². The van der Waals surface area contributed by atoms with E-state index in [2.05, 4.69) is 92.9 Å². The molecule has 1 aliphatic heterocycles. The fourth-order valence-electron chi connectivity index (χ4n) is 4.70. The maximum absolute atomic E-state index is 7.12. The molecule has 3 aromatic rings. The Morgan fingerprint density at radius 3 is 1.59 bits per heavy atom. The summed E-state index contributed by atoms with van der Waals surface area (Å²) in [6, 6.07) is 30.8. The molecule has 0 bridgehead atoms. The van der Waals surface area contributed by atoms with Crippen LogP contribution in [0.2, 0.25) is 18.1 Å². The molecular formula is C34H45IO5Si. The van der Waals surface area contributed by atoms with E-state index in [9.17, 15) is 0 Å². The molecule has 1 fully saturated rings. The first-order valence-electron chi connectivity index (χ1n) is 14.5. The molecule has 0 radical (unpaired) electrons. The third-order valence-corrected chi connectivity index (χ3v) is 13.4. The Balaban J connectivity index is 1.63. The Hall–Kier alpha value is -1.59. The molecule has 7 heteroatoms. The predicted molar refractivity (Wildman–Crippen MR) is 176 cm³/mol. The molecule has 0 spiro atoms. The minimum Gasteiger partial charge on any atom is -0.408 e. The number of halogens is 1. The average Bonchev–Trinajstić information content (AvgIpc) is 2.97. The molecule has 0 aliphatic carbocycles. The summed E-state index contributed by atoms with van der Waals surface area (Å²) in [6.45, 7) is 13.2. The molecule has 0 saturated carbocycles.